The molecule has 1 aliphatic rings. The molecule has 0 saturated carbocycles. The first-order chi connectivity index (χ1) is 8.16. The Kier molecular flexibility index (Phi) is 3.75. The Balaban J connectivity index is 2.61. The first-order valence-corrected chi connectivity index (χ1v) is 6.44. The maximum atomic E-state index is 10.1. The van der Waals surface area contributed by atoms with Gasteiger partial charge in [0, 0.05) is 12.1 Å². The van der Waals surface area contributed by atoms with Crippen molar-refractivity contribution in [3.63, 3.8) is 0 Å². The van der Waals surface area contributed by atoms with Crippen LogP contribution in [-0.2, 0) is 12.8 Å². The van der Waals surface area contributed by atoms with Gasteiger partial charge < -0.3 is 10.8 Å². The number of halogens is 1. The highest BCUT2D eigenvalue weighted by Crippen LogP contribution is 2.40. The van der Waals surface area contributed by atoms with Crippen molar-refractivity contribution in [1.82, 2.24) is 0 Å². The van der Waals surface area contributed by atoms with E-state index in [1.165, 1.54) is 12.0 Å². The Morgan fingerprint density at radius 2 is 1.94 bits per heavy atom. The summed E-state index contributed by atoms with van der Waals surface area (Å²) >= 11 is 6.25. The number of aromatic hydroxyl groups is 1. The van der Waals surface area contributed by atoms with Gasteiger partial charge in [0.15, 0.2) is 0 Å². The maximum Gasteiger partial charge on any atom is 0.141 e. The molecule has 0 heterocycles. The number of rotatable bonds is 2. The molecule has 0 amide bonds. The SMILES string of the molecule is Cc1c(/C=C/CN)c(O)c(Cl)c2c1CCCC2. The fraction of sp³-hybridized carbons (Fsp3) is 0.429. The van der Waals surface area contributed by atoms with Gasteiger partial charge in [-0.05, 0) is 49.3 Å². The first kappa shape index (κ1) is 12.5. The summed E-state index contributed by atoms with van der Waals surface area (Å²) in [6, 6.07) is 0. The van der Waals surface area contributed by atoms with E-state index in [1.807, 2.05) is 12.2 Å². The minimum atomic E-state index is 0.203. The Hall–Kier alpha value is -0.990. The predicted molar refractivity (Wildman–Crippen MR) is 72.6 cm³/mol. The zero-order valence-corrected chi connectivity index (χ0v) is 10.8. The van der Waals surface area contributed by atoms with Crippen LogP contribution in [0.1, 0.15) is 35.1 Å². The molecule has 1 aliphatic carbocycles. The van der Waals surface area contributed by atoms with E-state index in [2.05, 4.69) is 6.92 Å². The third kappa shape index (κ3) is 2.20. The van der Waals surface area contributed by atoms with Crippen molar-refractivity contribution >= 4 is 17.7 Å². The number of phenols is 1. The van der Waals surface area contributed by atoms with E-state index in [-0.39, 0.29) is 5.75 Å². The molecule has 0 atom stereocenters. The highest BCUT2D eigenvalue weighted by Gasteiger charge is 2.21. The summed E-state index contributed by atoms with van der Waals surface area (Å²) in [5, 5.41) is 10.7. The second-order valence-electron chi connectivity index (χ2n) is 4.50. The summed E-state index contributed by atoms with van der Waals surface area (Å²) in [5.41, 5.74) is 9.87. The van der Waals surface area contributed by atoms with Gasteiger partial charge >= 0.3 is 0 Å². The monoisotopic (exact) mass is 251 g/mol. The summed E-state index contributed by atoms with van der Waals surface area (Å²) < 4.78 is 0. The summed E-state index contributed by atoms with van der Waals surface area (Å²) in [6.07, 6.45) is 8.10. The summed E-state index contributed by atoms with van der Waals surface area (Å²) in [5.74, 6) is 0.203. The predicted octanol–water partition coefficient (Wildman–Crippen LogP) is 3.20. The lowest BCUT2D eigenvalue weighted by Crippen LogP contribution is -2.07. The largest absolute Gasteiger partial charge is 0.506 e. The van der Waals surface area contributed by atoms with Crippen molar-refractivity contribution < 1.29 is 5.11 Å². The lowest BCUT2D eigenvalue weighted by Gasteiger charge is -2.22. The molecule has 0 bridgehead atoms. The molecule has 2 rings (SSSR count). The second-order valence-corrected chi connectivity index (χ2v) is 4.88. The molecule has 0 saturated heterocycles. The Morgan fingerprint density at radius 1 is 1.29 bits per heavy atom. The molecule has 0 unspecified atom stereocenters. The molecule has 17 heavy (non-hydrogen) atoms. The molecule has 0 aliphatic heterocycles. The smallest absolute Gasteiger partial charge is 0.141 e. The molecule has 3 N–H and O–H groups in total. The van der Waals surface area contributed by atoms with Crippen molar-refractivity contribution in [2.45, 2.75) is 32.6 Å². The van der Waals surface area contributed by atoms with Gasteiger partial charge in [0.2, 0.25) is 0 Å². The van der Waals surface area contributed by atoms with Crippen molar-refractivity contribution in [3.05, 3.63) is 33.4 Å². The van der Waals surface area contributed by atoms with Crippen molar-refractivity contribution in [2.24, 2.45) is 5.73 Å². The van der Waals surface area contributed by atoms with Gasteiger partial charge in [0.25, 0.3) is 0 Å². The van der Waals surface area contributed by atoms with E-state index >= 15 is 0 Å². The van der Waals surface area contributed by atoms with E-state index in [1.54, 1.807) is 0 Å². The Morgan fingerprint density at radius 3 is 2.59 bits per heavy atom. The van der Waals surface area contributed by atoms with Crippen LogP contribution in [0.5, 0.6) is 5.75 Å². The highest BCUT2D eigenvalue weighted by molar-refractivity contribution is 6.33. The molecule has 0 aromatic heterocycles. The van der Waals surface area contributed by atoms with Gasteiger partial charge in [-0.1, -0.05) is 23.8 Å². The lowest BCUT2D eigenvalue weighted by atomic mass is 9.85. The van der Waals surface area contributed by atoms with E-state index < -0.39 is 0 Å². The molecule has 3 heteroatoms. The highest BCUT2D eigenvalue weighted by atomic mass is 35.5. The molecule has 1 aromatic carbocycles. The van der Waals surface area contributed by atoms with Crippen LogP contribution in [0.4, 0.5) is 0 Å². The van der Waals surface area contributed by atoms with Crippen LogP contribution in [0.15, 0.2) is 6.08 Å². The number of phenolic OH excluding ortho intramolecular Hbond substituents is 1. The van der Waals surface area contributed by atoms with E-state index in [9.17, 15) is 5.11 Å². The molecule has 0 fully saturated rings. The van der Waals surface area contributed by atoms with Crippen molar-refractivity contribution in [3.8, 4) is 5.75 Å². The molecular weight excluding hydrogens is 234 g/mol. The number of fused-ring (bicyclic) bond motifs is 1. The van der Waals surface area contributed by atoms with Gasteiger partial charge in [-0.2, -0.15) is 0 Å². The van der Waals surface area contributed by atoms with E-state index in [0.29, 0.717) is 11.6 Å². The number of nitrogens with two attached hydrogens (primary N) is 1. The van der Waals surface area contributed by atoms with Gasteiger partial charge in [0.1, 0.15) is 5.75 Å². The van der Waals surface area contributed by atoms with E-state index in [0.717, 1.165) is 36.0 Å². The zero-order valence-electron chi connectivity index (χ0n) is 10.1. The van der Waals surface area contributed by atoms with Crippen molar-refractivity contribution in [1.29, 1.82) is 0 Å². The number of hydrogen-bond donors (Lipinski definition) is 2. The van der Waals surface area contributed by atoms with E-state index in [4.69, 9.17) is 17.3 Å². The number of benzene rings is 1. The van der Waals surface area contributed by atoms with Crippen LogP contribution >= 0.6 is 11.6 Å². The maximum absolute atomic E-state index is 10.1. The molecule has 92 valence electrons. The third-order valence-electron chi connectivity index (χ3n) is 3.47. The van der Waals surface area contributed by atoms with Crippen LogP contribution < -0.4 is 5.73 Å². The quantitative estimate of drug-likeness (QED) is 0.848. The Bertz CT molecular complexity index is 466. The van der Waals surface area contributed by atoms with Crippen LogP contribution in [0.25, 0.3) is 6.08 Å². The minimum Gasteiger partial charge on any atom is -0.506 e. The average molecular weight is 252 g/mol. The first-order valence-electron chi connectivity index (χ1n) is 6.06. The zero-order chi connectivity index (χ0) is 12.4. The van der Waals surface area contributed by atoms with Crippen LogP contribution in [-0.4, -0.2) is 11.7 Å². The fourth-order valence-corrected chi connectivity index (χ4v) is 2.86. The van der Waals surface area contributed by atoms with Gasteiger partial charge in [-0.25, -0.2) is 0 Å². The minimum absolute atomic E-state index is 0.203. The Labute approximate surface area is 107 Å². The molecule has 0 radical (unpaired) electrons. The molecule has 0 spiro atoms. The number of hydrogen-bond acceptors (Lipinski definition) is 2. The molecule has 2 nitrogen and oxygen atoms in total. The van der Waals surface area contributed by atoms with Crippen LogP contribution in [0.2, 0.25) is 5.02 Å². The van der Waals surface area contributed by atoms with Gasteiger partial charge in [0.05, 0.1) is 5.02 Å². The van der Waals surface area contributed by atoms with Gasteiger partial charge in [-0.3, -0.25) is 0 Å². The standard InChI is InChI=1S/C14H18ClNO/c1-9-10-5-2-3-6-12(10)13(15)14(17)11(9)7-4-8-16/h4,7,17H,2-3,5-6,8,16H2,1H3/b7-4+. The average Bonchev–Trinajstić information content (AvgIpc) is 2.36. The fourth-order valence-electron chi connectivity index (χ4n) is 2.55. The van der Waals surface area contributed by atoms with Crippen molar-refractivity contribution in [2.75, 3.05) is 6.54 Å². The normalized spacial score (nSPS) is 15.2. The third-order valence-corrected chi connectivity index (χ3v) is 3.88. The topological polar surface area (TPSA) is 46.2 Å². The molecular formula is C14H18ClNO. The second kappa shape index (κ2) is 5.11. The summed E-state index contributed by atoms with van der Waals surface area (Å²) in [4.78, 5) is 0. The van der Waals surface area contributed by atoms with Crippen LogP contribution in [0.3, 0.4) is 0 Å². The van der Waals surface area contributed by atoms with Crippen LogP contribution in [0, 0.1) is 6.92 Å². The summed E-state index contributed by atoms with van der Waals surface area (Å²) in [6.45, 7) is 2.52. The summed E-state index contributed by atoms with van der Waals surface area (Å²) in [7, 11) is 0. The van der Waals surface area contributed by atoms with Gasteiger partial charge in [-0.15, -0.1) is 0 Å². The lowest BCUT2D eigenvalue weighted by molar-refractivity contribution is 0.471. The molecule has 1 aromatic rings.